The van der Waals surface area contributed by atoms with Crippen LogP contribution in [0.15, 0.2) is 41.7 Å². The predicted octanol–water partition coefficient (Wildman–Crippen LogP) is 2.28. The maximum absolute atomic E-state index is 12.8. The molecule has 1 atom stereocenters. The summed E-state index contributed by atoms with van der Waals surface area (Å²) in [4.78, 5) is 18.9. The topological polar surface area (TPSA) is 68.2 Å². The van der Waals surface area contributed by atoms with E-state index in [0.29, 0.717) is 18.0 Å². The first-order valence-corrected chi connectivity index (χ1v) is 8.73. The van der Waals surface area contributed by atoms with Crippen molar-refractivity contribution in [2.45, 2.75) is 24.0 Å². The van der Waals surface area contributed by atoms with Gasteiger partial charge in [0.2, 0.25) is 5.88 Å². The van der Waals surface area contributed by atoms with Crippen molar-refractivity contribution >= 4 is 17.7 Å². The molecule has 0 spiro atoms. The first-order chi connectivity index (χ1) is 11.3. The van der Waals surface area contributed by atoms with Gasteiger partial charge in [-0.2, -0.15) is 5.10 Å². The zero-order valence-electron chi connectivity index (χ0n) is 12.9. The van der Waals surface area contributed by atoms with E-state index < -0.39 is 0 Å². The fourth-order valence-corrected chi connectivity index (χ4v) is 3.17. The van der Waals surface area contributed by atoms with Crippen LogP contribution in [0.5, 0.6) is 5.88 Å². The van der Waals surface area contributed by atoms with E-state index in [1.54, 1.807) is 30.6 Å². The molecule has 1 fully saturated rings. The molecule has 0 aromatic carbocycles. The minimum absolute atomic E-state index is 0.00916. The fraction of sp³-hybridized carbons (Fsp3) is 0.375. The fourth-order valence-electron chi connectivity index (χ4n) is 2.63. The summed E-state index contributed by atoms with van der Waals surface area (Å²) in [6.07, 6.45) is 7.00. The molecule has 0 saturated carbocycles. The Morgan fingerprint density at radius 1 is 1.35 bits per heavy atom. The Kier molecular flexibility index (Phi) is 5.07. The maximum Gasteiger partial charge on any atom is 0.256 e. The van der Waals surface area contributed by atoms with Crippen LogP contribution >= 0.6 is 11.8 Å². The van der Waals surface area contributed by atoms with Crippen LogP contribution < -0.4 is 4.74 Å². The summed E-state index contributed by atoms with van der Waals surface area (Å²) >= 11 is 1.48. The second-order valence-corrected chi connectivity index (χ2v) is 6.05. The molecule has 1 unspecified atom stereocenters. The number of carbonyl (C=O) groups excluding carboxylic acids is 1. The molecule has 3 heterocycles. The number of aromatic nitrogens is 3. The Hall–Kier alpha value is -2.15. The molecule has 2 aromatic rings. The average molecular weight is 330 g/mol. The molecular formula is C16H18N4O2S. The van der Waals surface area contributed by atoms with Crippen LogP contribution in [0.2, 0.25) is 0 Å². The molecule has 1 amide bonds. The van der Waals surface area contributed by atoms with Crippen LogP contribution in [-0.4, -0.2) is 51.4 Å². The lowest BCUT2D eigenvalue weighted by Gasteiger charge is -2.32. The minimum atomic E-state index is -0.0567. The van der Waals surface area contributed by atoms with Gasteiger partial charge in [0.05, 0.1) is 12.1 Å². The molecule has 6 nitrogen and oxygen atoms in total. The highest BCUT2D eigenvalue weighted by molar-refractivity contribution is 7.98. The third-order valence-corrected chi connectivity index (χ3v) is 4.41. The molecule has 0 aliphatic carbocycles. The molecule has 120 valence electrons. The lowest BCUT2D eigenvalue weighted by atomic mass is 10.1. The smallest absolute Gasteiger partial charge is 0.256 e. The number of hydrogen-bond acceptors (Lipinski definition) is 6. The Morgan fingerprint density at radius 3 is 3.00 bits per heavy atom. The van der Waals surface area contributed by atoms with Crippen molar-refractivity contribution in [1.82, 2.24) is 20.1 Å². The summed E-state index contributed by atoms with van der Waals surface area (Å²) in [5, 5.41) is 8.51. The molecule has 1 aliphatic rings. The van der Waals surface area contributed by atoms with Crippen LogP contribution in [0.1, 0.15) is 23.2 Å². The molecule has 1 aliphatic heterocycles. The number of thioether (sulfide) groups is 1. The summed E-state index contributed by atoms with van der Waals surface area (Å²) in [5.74, 6) is 0.507. The quantitative estimate of drug-likeness (QED) is 0.801. The average Bonchev–Trinajstić information content (AvgIpc) is 2.62. The van der Waals surface area contributed by atoms with E-state index in [1.165, 1.54) is 11.8 Å². The Labute approximate surface area is 139 Å². The van der Waals surface area contributed by atoms with Crippen molar-refractivity contribution < 1.29 is 9.53 Å². The van der Waals surface area contributed by atoms with E-state index in [1.807, 2.05) is 17.2 Å². The van der Waals surface area contributed by atoms with Crippen molar-refractivity contribution in [3.8, 4) is 5.88 Å². The number of amides is 1. The third kappa shape index (κ3) is 3.79. The van der Waals surface area contributed by atoms with Crippen LogP contribution in [0.25, 0.3) is 0 Å². The van der Waals surface area contributed by atoms with Gasteiger partial charge in [0.25, 0.3) is 5.91 Å². The number of ether oxygens (including phenoxy) is 1. The van der Waals surface area contributed by atoms with Crippen LogP contribution in [0.3, 0.4) is 0 Å². The Balaban J connectivity index is 1.69. The van der Waals surface area contributed by atoms with Gasteiger partial charge in [-0.15, -0.1) is 16.9 Å². The summed E-state index contributed by atoms with van der Waals surface area (Å²) in [6, 6.07) is 7.19. The van der Waals surface area contributed by atoms with E-state index >= 15 is 0 Å². The molecular weight excluding hydrogens is 312 g/mol. The number of likely N-dealkylation sites (tertiary alicyclic amines) is 1. The molecule has 0 N–H and O–H groups in total. The summed E-state index contributed by atoms with van der Waals surface area (Å²) in [7, 11) is 0. The van der Waals surface area contributed by atoms with E-state index in [2.05, 4.69) is 15.2 Å². The maximum atomic E-state index is 12.8. The van der Waals surface area contributed by atoms with Crippen molar-refractivity contribution in [3.05, 3.63) is 42.2 Å². The minimum Gasteiger partial charge on any atom is -0.471 e. The van der Waals surface area contributed by atoms with Crippen LogP contribution in [0, 0.1) is 0 Å². The molecule has 2 aromatic heterocycles. The first kappa shape index (κ1) is 15.7. The third-order valence-electron chi connectivity index (χ3n) is 3.70. The summed E-state index contributed by atoms with van der Waals surface area (Å²) in [6.45, 7) is 1.29. The van der Waals surface area contributed by atoms with Crippen LogP contribution in [-0.2, 0) is 0 Å². The van der Waals surface area contributed by atoms with Crippen molar-refractivity contribution in [2.75, 3.05) is 19.3 Å². The Bertz CT molecular complexity index is 668. The molecule has 0 bridgehead atoms. The second kappa shape index (κ2) is 7.41. The van der Waals surface area contributed by atoms with Gasteiger partial charge in [-0.1, -0.05) is 0 Å². The Morgan fingerprint density at radius 2 is 2.22 bits per heavy atom. The lowest BCUT2D eigenvalue weighted by Crippen LogP contribution is -2.44. The zero-order chi connectivity index (χ0) is 16.1. The van der Waals surface area contributed by atoms with Crippen molar-refractivity contribution in [3.63, 3.8) is 0 Å². The van der Waals surface area contributed by atoms with E-state index in [9.17, 15) is 4.79 Å². The van der Waals surface area contributed by atoms with Gasteiger partial charge < -0.3 is 9.64 Å². The number of carbonyl (C=O) groups is 1. The predicted molar refractivity (Wildman–Crippen MR) is 87.6 cm³/mol. The number of piperidine rings is 1. The molecule has 3 rings (SSSR count). The number of hydrogen-bond donors (Lipinski definition) is 0. The van der Waals surface area contributed by atoms with Crippen LogP contribution in [0.4, 0.5) is 0 Å². The highest BCUT2D eigenvalue weighted by Gasteiger charge is 2.27. The molecule has 23 heavy (non-hydrogen) atoms. The summed E-state index contributed by atoms with van der Waals surface area (Å²) < 4.78 is 5.84. The van der Waals surface area contributed by atoms with Gasteiger partial charge in [0.1, 0.15) is 11.1 Å². The largest absolute Gasteiger partial charge is 0.471 e. The molecule has 0 radical (unpaired) electrons. The number of nitrogens with zero attached hydrogens (tertiary/aromatic N) is 4. The van der Waals surface area contributed by atoms with Gasteiger partial charge in [0, 0.05) is 25.0 Å². The first-order valence-electron chi connectivity index (χ1n) is 7.50. The SMILES string of the molecule is CSc1ncccc1C(=O)N1CCCC(Oc2cccnn2)C1. The van der Waals surface area contributed by atoms with Gasteiger partial charge in [-0.3, -0.25) is 4.79 Å². The van der Waals surface area contributed by atoms with Gasteiger partial charge in [-0.05, 0) is 37.3 Å². The van der Waals surface area contributed by atoms with Crippen molar-refractivity contribution in [1.29, 1.82) is 0 Å². The van der Waals surface area contributed by atoms with E-state index in [0.717, 1.165) is 24.4 Å². The van der Waals surface area contributed by atoms with E-state index in [4.69, 9.17) is 4.74 Å². The van der Waals surface area contributed by atoms with Gasteiger partial charge >= 0.3 is 0 Å². The normalized spacial score (nSPS) is 17.8. The molecule has 7 heteroatoms. The van der Waals surface area contributed by atoms with Gasteiger partial charge in [-0.25, -0.2) is 4.98 Å². The second-order valence-electron chi connectivity index (χ2n) is 5.26. The highest BCUT2D eigenvalue weighted by atomic mass is 32.2. The zero-order valence-corrected chi connectivity index (χ0v) is 13.7. The van der Waals surface area contributed by atoms with E-state index in [-0.39, 0.29) is 12.0 Å². The highest BCUT2D eigenvalue weighted by Crippen LogP contribution is 2.22. The number of pyridine rings is 1. The van der Waals surface area contributed by atoms with Gasteiger partial charge in [0.15, 0.2) is 0 Å². The number of rotatable bonds is 4. The molecule has 1 saturated heterocycles. The standard InChI is InChI=1S/C16H18N4O2S/c1-23-15-13(6-2-8-17-15)16(21)20-10-4-5-12(11-20)22-14-7-3-9-18-19-14/h2-3,6-9,12H,4-5,10-11H2,1H3. The summed E-state index contributed by atoms with van der Waals surface area (Å²) in [5.41, 5.74) is 0.653. The lowest BCUT2D eigenvalue weighted by molar-refractivity contribution is 0.0522. The monoisotopic (exact) mass is 330 g/mol. The van der Waals surface area contributed by atoms with Crippen molar-refractivity contribution in [2.24, 2.45) is 0 Å².